The molecule has 6 nitrogen and oxygen atoms in total. The molecule has 2 atom stereocenters. The van der Waals surface area contributed by atoms with Crippen molar-refractivity contribution in [3.63, 3.8) is 0 Å². The predicted octanol–water partition coefficient (Wildman–Crippen LogP) is 0.310. The van der Waals surface area contributed by atoms with Gasteiger partial charge in [0.25, 0.3) is 0 Å². The molecule has 3 N–H and O–H groups in total. The van der Waals surface area contributed by atoms with Crippen molar-refractivity contribution in [2.75, 3.05) is 20.1 Å². The first kappa shape index (κ1) is 14.8. The number of oxime groups is 1. The number of likely N-dealkylation sites (N-methyl/N-ethyl adjacent to an activating group) is 1. The summed E-state index contributed by atoms with van der Waals surface area (Å²) in [6.07, 6.45) is 0. The van der Waals surface area contributed by atoms with Gasteiger partial charge >= 0.3 is 0 Å². The second kappa shape index (κ2) is 5.14. The van der Waals surface area contributed by atoms with Crippen molar-refractivity contribution in [2.24, 2.45) is 16.3 Å². The number of carbonyl (C=O) groups is 1. The molecule has 2 unspecified atom stereocenters. The quantitative estimate of drug-likeness (QED) is 0.322. The minimum Gasteiger partial charge on any atom is -0.409 e. The monoisotopic (exact) mass is 256 g/mol. The maximum absolute atomic E-state index is 12.5. The smallest absolute Gasteiger partial charge is 0.236 e. The third-order valence-electron chi connectivity index (χ3n) is 3.93. The first-order chi connectivity index (χ1) is 8.21. The molecule has 1 saturated heterocycles. The molecule has 0 aromatic heterocycles. The third-order valence-corrected chi connectivity index (χ3v) is 3.93. The molecule has 0 radical (unpaired) electrons. The highest BCUT2D eigenvalue weighted by molar-refractivity contribution is 6.05. The lowest BCUT2D eigenvalue weighted by molar-refractivity contribution is -0.141. The number of nitrogens with zero attached hydrogens (tertiary/aromatic N) is 3. The molecular weight excluding hydrogens is 232 g/mol. The zero-order valence-electron chi connectivity index (χ0n) is 11.8. The number of piperazine rings is 1. The zero-order valence-corrected chi connectivity index (χ0v) is 11.8. The van der Waals surface area contributed by atoms with Gasteiger partial charge in [0.15, 0.2) is 5.84 Å². The summed E-state index contributed by atoms with van der Waals surface area (Å²) in [5.74, 6) is -0.142. The van der Waals surface area contributed by atoms with E-state index in [0.717, 1.165) is 0 Å². The van der Waals surface area contributed by atoms with E-state index in [-0.39, 0.29) is 11.7 Å². The van der Waals surface area contributed by atoms with Gasteiger partial charge in [0.2, 0.25) is 5.91 Å². The van der Waals surface area contributed by atoms with E-state index in [1.807, 2.05) is 0 Å². The van der Waals surface area contributed by atoms with E-state index in [9.17, 15) is 4.79 Å². The van der Waals surface area contributed by atoms with Crippen molar-refractivity contribution < 1.29 is 10.0 Å². The van der Waals surface area contributed by atoms with Crippen LogP contribution in [0.15, 0.2) is 5.16 Å². The zero-order chi connectivity index (χ0) is 14.1. The van der Waals surface area contributed by atoms with Crippen LogP contribution in [0.2, 0.25) is 0 Å². The number of carbonyl (C=O) groups excluding carboxylic acids is 1. The van der Waals surface area contributed by atoms with Gasteiger partial charge in [-0.25, -0.2) is 0 Å². The molecule has 0 bridgehead atoms. The Labute approximate surface area is 108 Å². The topological polar surface area (TPSA) is 82.2 Å². The highest BCUT2D eigenvalue weighted by Gasteiger charge is 2.39. The highest BCUT2D eigenvalue weighted by Crippen LogP contribution is 2.23. The number of nitrogens with two attached hydrogens (primary N) is 1. The van der Waals surface area contributed by atoms with Gasteiger partial charge < -0.3 is 15.8 Å². The van der Waals surface area contributed by atoms with Gasteiger partial charge in [-0.3, -0.25) is 9.69 Å². The lowest BCUT2D eigenvalue weighted by Crippen LogP contribution is -2.59. The van der Waals surface area contributed by atoms with E-state index < -0.39 is 5.41 Å². The van der Waals surface area contributed by atoms with Crippen LogP contribution >= 0.6 is 0 Å². The Bertz CT molecular complexity index is 342. The normalized spacial score (nSPS) is 27.4. The SMILES string of the molecule is CC1CN(C(=O)C(C)(C)C(N)=NO)CC(C)N1C. The van der Waals surface area contributed by atoms with Crippen molar-refractivity contribution in [2.45, 2.75) is 39.8 Å². The molecule has 1 aliphatic heterocycles. The second-order valence-corrected chi connectivity index (χ2v) is 5.68. The third kappa shape index (κ3) is 2.58. The van der Waals surface area contributed by atoms with Crippen molar-refractivity contribution >= 4 is 11.7 Å². The summed E-state index contributed by atoms with van der Waals surface area (Å²) < 4.78 is 0. The fourth-order valence-corrected chi connectivity index (χ4v) is 2.20. The number of amidine groups is 1. The van der Waals surface area contributed by atoms with Crippen LogP contribution in [0, 0.1) is 5.41 Å². The lowest BCUT2D eigenvalue weighted by atomic mass is 9.89. The Morgan fingerprint density at radius 2 is 1.78 bits per heavy atom. The summed E-state index contributed by atoms with van der Waals surface area (Å²) >= 11 is 0. The minimum absolute atomic E-state index is 0.0493. The van der Waals surface area contributed by atoms with Crippen molar-refractivity contribution in [1.29, 1.82) is 0 Å². The van der Waals surface area contributed by atoms with Crippen LogP contribution < -0.4 is 5.73 Å². The van der Waals surface area contributed by atoms with Gasteiger partial charge in [-0.2, -0.15) is 0 Å². The predicted molar refractivity (Wildman–Crippen MR) is 70.5 cm³/mol. The maximum Gasteiger partial charge on any atom is 0.236 e. The largest absolute Gasteiger partial charge is 0.409 e. The Balaban J connectivity index is 2.86. The lowest BCUT2D eigenvalue weighted by Gasteiger charge is -2.44. The van der Waals surface area contributed by atoms with Gasteiger partial charge in [0, 0.05) is 25.2 Å². The molecule has 0 aromatic rings. The summed E-state index contributed by atoms with van der Waals surface area (Å²) in [5.41, 5.74) is 4.63. The number of amides is 1. The van der Waals surface area contributed by atoms with E-state index in [1.165, 1.54) is 0 Å². The Hall–Kier alpha value is -1.30. The van der Waals surface area contributed by atoms with Crippen LogP contribution in [-0.2, 0) is 4.79 Å². The summed E-state index contributed by atoms with van der Waals surface area (Å²) in [7, 11) is 2.06. The summed E-state index contributed by atoms with van der Waals surface area (Å²) in [4.78, 5) is 16.5. The molecule has 1 fully saturated rings. The van der Waals surface area contributed by atoms with Crippen LogP contribution in [0.1, 0.15) is 27.7 Å². The van der Waals surface area contributed by atoms with Gasteiger partial charge in [-0.1, -0.05) is 5.16 Å². The standard InChI is InChI=1S/C12H24N4O2/c1-8-6-16(7-9(2)15(8)5)11(17)12(3,4)10(13)14-18/h8-9,18H,6-7H2,1-5H3,(H2,13,14). The molecule has 1 aliphatic rings. The van der Waals surface area contributed by atoms with E-state index in [1.54, 1.807) is 18.7 Å². The molecule has 18 heavy (non-hydrogen) atoms. The maximum atomic E-state index is 12.5. The average molecular weight is 256 g/mol. The van der Waals surface area contributed by atoms with Crippen molar-refractivity contribution in [1.82, 2.24) is 9.80 Å². The van der Waals surface area contributed by atoms with Gasteiger partial charge in [0.1, 0.15) is 5.41 Å². The van der Waals surface area contributed by atoms with E-state index in [4.69, 9.17) is 10.9 Å². The Morgan fingerprint density at radius 1 is 1.33 bits per heavy atom. The molecule has 0 saturated carbocycles. The number of rotatable bonds is 2. The second-order valence-electron chi connectivity index (χ2n) is 5.68. The fourth-order valence-electron chi connectivity index (χ4n) is 2.20. The fraction of sp³-hybridized carbons (Fsp3) is 0.833. The molecule has 6 heteroatoms. The van der Waals surface area contributed by atoms with Gasteiger partial charge in [-0.15, -0.1) is 0 Å². The van der Waals surface area contributed by atoms with Gasteiger partial charge in [-0.05, 0) is 34.7 Å². The van der Waals surface area contributed by atoms with Gasteiger partial charge in [0.05, 0.1) is 0 Å². The molecule has 0 aromatic carbocycles. The first-order valence-electron chi connectivity index (χ1n) is 6.21. The Kier molecular flexibility index (Phi) is 4.21. The van der Waals surface area contributed by atoms with Crippen LogP contribution in [0.5, 0.6) is 0 Å². The summed E-state index contributed by atoms with van der Waals surface area (Å²) in [6.45, 7) is 8.87. The summed E-state index contributed by atoms with van der Waals surface area (Å²) in [5, 5.41) is 11.7. The molecule has 0 aliphatic carbocycles. The van der Waals surface area contributed by atoms with Crippen molar-refractivity contribution in [3.8, 4) is 0 Å². The number of hydrogen-bond acceptors (Lipinski definition) is 4. The molecule has 1 rings (SSSR count). The average Bonchev–Trinajstić information content (AvgIpc) is 2.33. The Morgan fingerprint density at radius 3 is 2.17 bits per heavy atom. The van der Waals surface area contributed by atoms with Crippen LogP contribution in [-0.4, -0.2) is 59.0 Å². The molecule has 1 amide bonds. The van der Waals surface area contributed by atoms with Crippen LogP contribution in [0.3, 0.4) is 0 Å². The molecular formula is C12H24N4O2. The molecule has 0 spiro atoms. The molecule has 1 heterocycles. The van der Waals surface area contributed by atoms with E-state index in [0.29, 0.717) is 25.2 Å². The van der Waals surface area contributed by atoms with E-state index in [2.05, 4.69) is 31.0 Å². The van der Waals surface area contributed by atoms with Crippen molar-refractivity contribution in [3.05, 3.63) is 0 Å². The van der Waals surface area contributed by atoms with E-state index >= 15 is 0 Å². The highest BCUT2D eigenvalue weighted by atomic mass is 16.4. The van der Waals surface area contributed by atoms with Crippen LogP contribution in [0.25, 0.3) is 0 Å². The molecule has 104 valence electrons. The first-order valence-corrected chi connectivity index (χ1v) is 6.21. The number of hydrogen-bond donors (Lipinski definition) is 2. The van der Waals surface area contributed by atoms with Crippen LogP contribution in [0.4, 0.5) is 0 Å². The summed E-state index contributed by atoms with van der Waals surface area (Å²) in [6, 6.07) is 0.613. The minimum atomic E-state index is -0.968.